The van der Waals surface area contributed by atoms with Gasteiger partial charge >= 0.3 is 0 Å². The zero-order valence-corrected chi connectivity index (χ0v) is 9.03. The smallest absolute Gasteiger partial charge is 0.0962 e. The van der Waals surface area contributed by atoms with Crippen LogP contribution in [0.4, 0.5) is 0 Å². The van der Waals surface area contributed by atoms with Gasteiger partial charge in [0.15, 0.2) is 0 Å². The first-order valence-corrected chi connectivity index (χ1v) is 5.78. The van der Waals surface area contributed by atoms with Crippen molar-refractivity contribution in [2.45, 2.75) is 25.7 Å². The second kappa shape index (κ2) is 3.76. The van der Waals surface area contributed by atoms with E-state index < -0.39 is 0 Å². The topological polar surface area (TPSA) is 24.9 Å². The highest BCUT2D eigenvalue weighted by molar-refractivity contribution is 7.09. The Morgan fingerprint density at radius 2 is 2.46 bits per heavy atom. The first-order valence-electron chi connectivity index (χ1n) is 4.90. The molecule has 2 rings (SSSR count). The number of hydrogen-bond acceptors (Lipinski definition) is 3. The molecule has 1 fully saturated rings. The van der Waals surface area contributed by atoms with Crippen LogP contribution in [0.15, 0.2) is 5.38 Å². The van der Waals surface area contributed by atoms with E-state index in [9.17, 15) is 0 Å². The minimum atomic E-state index is 0.785. The molecule has 1 saturated carbocycles. The van der Waals surface area contributed by atoms with Crippen LogP contribution < -0.4 is 5.32 Å². The third-order valence-electron chi connectivity index (χ3n) is 2.63. The van der Waals surface area contributed by atoms with Gasteiger partial charge in [-0.15, -0.1) is 11.3 Å². The largest absolute Gasteiger partial charge is 0.319 e. The van der Waals surface area contributed by atoms with Gasteiger partial charge in [0.25, 0.3) is 0 Å². The predicted molar refractivity (Wildman–Crippen MR) is 56.3 cm³/mol. The summed E-state index contributed by atoms with van der Waals surface area (Å²) in [7, 11) is 1.98. The Morgan fingerprint density at radius 3 is 3.08 bits per heavy atom. The summed E-state index contributed by atoms with van der Waals surface area (Å²) in [5, 5.41) is 6.71. The molecule has 1 aromatic rings. The Hall–Kier alpha value is -0.410. The molecule has 0 radical (unpaired) electrons. The van der Waals surface area contributed by atoms with Crippen LogP contribution in [0.2, 0.25) is 0 Å². The maximum Gasteiger partial charge on any atom is 0.0962 e. The van der Waals surface area contributed by atoms with Gasteiger partial charge < -0.3 is 5.32 Å². The van der Waals surface area contributed by atoms with Crippen LogP contribution in [0.1, 0.15) is 30.0 Å². The van der Waals surface area contributed by atoms with Crippen molar-refractivity contribution >= 4 is 11.3 Å². The summed E-state index contributed by atoms with van der Waals surface area (Å²) in [6, 6.07) is 0. The summed E-state index contributed by atoms with van der Waals surface area (Å²) in [6.45, 7) is 3.34. The number of rotatable bonds is 4. The van der Waals surface area contributed by atoms with Crippen LogP contribution in [-0.4, -0.2) is 18.6 Å². The first-order chi connectivity index (χ1) is 6.31. The molecule has 1 aliphatic rings. The van der Waals surface area contributed by atoms with Crippen molar-refractivity contribution in [1.82, 2.24) is 10.3 Å². The molecule has 2 nitrogen and oxygen atoms in total. The summed E-state index contributed by atoms with van der Waals surface area (Å²) >= 11 is 1.84. The second-order valence-corrected chi connectivity index (χ2v) is 4.74. The number of thiazole rings is 1. The van der Waals surface area contributed by atoms with Crippen molar-refractivity contribution in [2.24, 2.45) is 5.92 Å². The molecule has 1 aliphatic carbocycles. The number of nitrogens with zero attached hydrogens (tertiary/aromatic N) is 1. The molecule has 0 saturated heterocycles. The van der Waals surface area contributed by atoms with E-state index in [4.69, 9.17) is 0 Å². The van der Waals surface area contributed by atoms with Crippen molar-refractivity contribution in [3.63, 3.8) is 0 Å². The van der Waals surface area contributed by atoms with Crippen LogP contribution >= 0.6 is 11.3 Å². The van der Waals surface area contributed by atoms with Crippen LogP contribution in [0.3, 0.4) is 0 Å². The van der Waals surface area contributed by atoms with E-state index in [1.165, 1.54) is 17.1 Å². The van der Waals surface area contributed by atoms with Gasteiger partial charge in [0.2, 0.25) is 0 Å². The lowest BCUT2D eigenvalue weighted by Crippen LogP contribution is -2.10. The second-order valence-electron chi connectivity index (χ2n) is 3.85. The molecule has 0 aliphatic heterocycles. The maximum atomic E-state index is 4.64. The molecule has 0 spiro atoms. The van der Waals surface area contributed by atoms with Crippen LogP contribution in [0.5, 0.6) is 0 Å². The molecule has 1 aromatic heterocycles. The third kappa shape index (κ3) is 2.09. The Morgan fingerprint density at radius 1 is 1.69 bits per heavy atom. The fourth-order valence-electron chi connectivity index (χ4n) is 1.53. The van der Waals surface area contributed by atoms with Crippen LogP contribution in [0, 0.1) is 5.92 Å². The van der Waals surface area contributed by atoms with E-state index in [0.29, 0.717) is 0 Å². The molecule has 3 heteroatoms. The fraction of sp³-hybridized carbons (Fsp3) is 0.700. The lowest BCUT2D eigenvalue weighted by atomic mass is 10.3. The van der Waals surface area contributed by atoms with Gasteiger partial charge in [-0.3, -0.25) is 0 Å². The van der Waals surface area contributed by atoms with Crippen LogP contribution in [0.25, 0.3) is 0 Å². The van der Waals surface area contributed by atoms with Crippen molar-refractivity contribution in [1.29, 1.82) is 0 Å². The van der Waals surface area contributed by atoms with Gasteiger partial charge in [0.05, 0.1) is 10.7 Å². The number of aromatic nitrogens is 1. The maximum absolute atomic E-state index is 4.64. The summed E-state index contributed by atoms with van der Waals surface area (Å²) in [4.78, 5) is 4.64. The molecule has 0 bridgehead atoms. The van der Waals surface area contributed by atoms with Gasteiger partial charge in [-0.1, -0.05) is 6.92 Å². The average molecular weight is 196 g/mol. The molecule has 0 aromatic carbocycles. The SMILES string of the molecule is CNCCc1csc(C2CC2C)n1. The minimum absolute atomic E-state index is 0.785. The molecule has 2 atom stereocenters. The molecule has 72 valence electrons. The summed E-state index contributed by atoms with van der Waals surface area (Å²) in [6.07, 6.45) is 2.41. The van der Waals surface area contributed by atoms with E-state index in [1.807, 2.05) is 18.4 Å². The highest BCUT2D eigenvalue weighted by atomic mass is 32.1. The fourth-order valence-corrected chi connectivity index (χ4v) is 2.63. The van der Waals surface area contributed by atoms with Crippen molar-refractivity contribution in [3.8, 4) is 0 Å². The van der Waals surface area contributed by atoms with Crippen molar-refractivity contribution < 1.29 is 0 Å². The first kappa shape index (κ1) is 9.16. The van der Waals surface area contributed by atoms with E-state index in [0.717, 1.165) is 24.8 Å². The number of hydrogen-bond donors (Lipinski definition) is 1. The van der Waals surface area contributed by atoms with Gasteiger partial charge in [-0.05, 0) is 19.4 Å². The molecule has 1 heterocycles. The molecule has 13 heavy (non-hydrogen) atoms. The lowest BCUT2D eigenvalue weighted by molar-refractivity contribution is 0.775. The highest BCUT2D eigenvalue weighted by Crippen LogP contribution is 2.47. The van der Waals surface area contributed by atoms with Gasteiger partial charge in [-0.25, -0.2) is 4.98 Å². The standard InChI is InChI=1S/C10H16N2S/c1-7-5-9(7)10-12-8(6-13-10)3-4-11-2/h6-7,9,11H,3-5H2,1-2H3. The predicted octanol–water partition coefficient (Wildman–Crippen LogP) is 2.03. The van der Waals surface area contributed by atoms with E-state index in [2.05, 4.69) is 22.6 Å². The Balaban J connectivity index is 1.94. The van der Waals surface area contributed by atoms with Crippen molar-refractivity contribution in [2.75, 3.05) is 13.6 Å². The quantitative estimate of drug-likeness (QED) is 0.797. The molecular weight excluding hydrogens is 180 g/mol. The minimum Gasteiger partial charge on any atom is -0.319 e. The Kier molecular flexibility index (Phi) is 2.65. The summed E-state index contributed by atoms with van der Waals surface area (Å²) in [5.74, 6) is 1.66. The highest BCUT2D eigenvalue weighted by Gasteiger charge is 2.36. The molecule has 2 unspecified atom stereocenters. The van der Waals surface area contributed by atoms with Gasteiger partial charge in [-0.2, -0.15) is 0 Å². The zero-order chi connectivity index (χ0) is 9.26. The third-order valence-corrected chi connectivity index (χ3v) is 3.65. The Bertz CT molecular complexity index is 282. The Labute approximate surface area is 83.4 Å². The van der Waals surface area contributed by atoms with E-state index in [1.54, 1.807) is 0 Å². The van der Waals surface area contributed by atoms with Crippen molar-refractivity contribution in [3.05, 3.63) is 16.1 Å². The van der Waals surface area contributed by atoms with E-state index >= 15 is 0 Å². The molecule has 0 amide bonds. The zero-order valence-electron chi connectivity index (χ0n) is 8.21. The monoisotopic (exact) mass is 196 g/mol. The van der Waals surface area contributed by atoms with Gasteiger partial charge in [0, 0.05) is 24.3 Å². The molecule has 1 N–H and O–H groups in total. The number of nitrogens with one attached hydrogen (secondary N) is 1. The van der Waals surface area contributed by atoms with E-state index in [-0.39, 0.29) is 0 Å². The normalized spacial score (nSPS) is 26.3. The number of likely N-dealkylation sites (N-methyl/N-ethyl adjacent to an activating group) is 1. The molecular formula is C10H16N2S. The summed E-state index contributed by atoms with van der Waals surface area (Å²) < 4.78 is 0. The summed E-state index contributed by atoms with van der Waals surface area (Å²) in [5.41, 5.74) is 1.26. The van der Waals surface area contributed by atoms with Crippen LogP contribution in [-0.2, 0) is 6.42 Å². The van der Waals surface area contributed by atoms with Gasteiger partial charge in [0.1, 0.15) is 0 Å². The lowest BCUT2D eigenvalue weighted by Gasteiger charge is -1.93. The average Bonchev–Trinajstić information content (AvgIpc) is 2.67.